The molecule has 1 aliphatic rings. The Balaban J connectivity index is 1.71. The third-order valence-corrected chi connectivity index (χ3v) is 3.45. The van der Waals surface area contributed by atoms with E-state index in [1.807, 2.05) is 11.8 Å². The molecule has 3 heterocycles. The van der Waals surface area contributed by atoms with Crippen LogP contribution in [-0.2, 0) is 6.18 Å². The molecule has 3 rings (SSSR count). The molecule has 23 heavy (non-hydrogen) atoms. The van der Waals surface area contributed by atoms with Gasteiger partial charge in [-0.15, -0.1) is 0 Å². The summed E-state index contributed by atoms with van der Waals surface area (Å²) >= 11 is 0. The minimum absolute atomic E-state index is 0.0356. The fourth-order valence-corrected chi connectivity index (χ4v) is 2.36. The molecule has 2 aromatic rings. The molecule has 1 unspecified atom stereocenters. The van der Waals surface area contributed by atoms with Crippen LogP contribution in [0.25, 0.3) is 0 Å². The lowest BCUT2D eigenvalue weighted by Gasteiger charge is -2.39. The van der Waals surface area contributed by atoms with Crippen molar-refractivity contribution < 1.29 is 22.8 Å². The molecule has 11 heteroatoms. The molecule has 0 amide bonds. The van der Waals surface area contributed by atoms with Gasteiger partial charge < -0.3 is 19.4 Å². The molecule has 0 bridgehead atoms. The lowest BCUT2D eigenvalue weighted by molar-refractivity contribution is -0.159. The normalized spacial score (nSPS) is 19.2. The van der Waals surface area contributed by atoms with Crippen LogP contribution >= 0.6 is 0 Å². The van der Waals surface area contributed by atoms with E-state index in [0.29, 0.717) is 25.6 Å². The number of piperazine rings is 1. The van der Waals surface area contributed by atoms with E-state index in [1.54, 1.807) is 4.90 Å². The van der Waals surface area contributed by atoms with Gasteiger partial charge in [-0.05, 0) is 12.1 Å². The average Bonchev–Trinajstić information content (AvgIpc) is 2.98. The molecule has 1 saturated heterocycles. The number of halogens is 3. The van der Waals surface area contributed by atoms with Crippen LogP contribution in [0.2, 0.25) is 0 Å². The van der Waals surface area contributed by atoms with Gasteiger partial charge in [0.1, 0.15) is 0 Å². The van der Waals surface area contributed by atoms with Gasteiger partial charge in [-0.3, -0.25) is 0 Å². The van der Waals surface area contributed by atoms with Crippen LogP contribution in [0.15, 0.2) is 16.9 Å². The zero-order valence-corrected chi connectivity index (χ0v) is 12.0. The zero-order valence-electron chi connectivity index (χ0n) is 12.0. The summed E-state index contributed by atoms with van der Waals surface area (Å²) in [5, 5.41) is 12.6. The molecule has 8 nitrogen and oxygen atoms in total. The highest BCUT2D eigenvalue weighted by Gasteiger charge is 2.39. The monoisotopic (exact) mass is 330 g/mol. The average molecular weight is 330 g/mol. The predicted molar refractivity (Wildman–Crippen MR) is 72.0 cm³/mol. The third kappa shape index (κ3) is 3.12. The first-order valence-electron chi connectivity index (χ1n) is 6.78. The van der Waals surface area contributed by atoms with Gasteiger partial charge in [0.25, 0.3) is 5.95 Å². The van der Waals surface area contributed by atoms with Crippen molar-refractivity contribution in [2.75, 3.05) is 29.4 Å². The van der Waals surface area contributed by atoms with Gasteiger partial charge in [0.05, 0.1) is 12.4 Å². The van der Waals surface area contributed by atoms with E-state index in [0.717, 1.165) is 0 Å². The van der Waals surface area contributed by atoms with Gasteiger partial charge in [-0.2, -0.15) is 18.2 Å². The quantitative estimate of drug-likeness (QED) is 0.881. The molecule has 1 aliphatic heterocycles. The van der Waals surface area contributed by atoms with Crippen molar-refractivity contribution in [3.63, 3.8) is 0 Å². The highest BCUT2D eigenvalue weighted by atomic mass is 19.4. The number of anilines is 2. The summed E-state index contributed by atoms with van der Waals surface area (Å²) in [7, 11) is 0. The van der Waals surface area contributed by atoms with E-state index in [9.17, 15) is 18.3 Å². The lowest BCUT2D eigenvalue weighted by atomic mass is 10.2. The number of hydrogen-bond acceptors (Lipinski definition) is 8. The zero-order chi connectivity index (χ0) is 16.6. The Morgan fingerprint density at radius 2 is 1.91 bits per heavy atom. The van der Waals surface area contributed by atoms with Crippen molar-refractivity contribution in [2.24, 2.45) is 0 Å². The molecule has 0 spiro atoms. The van der Waals surface area contributed by atoms with Crippen molar-refractivity contribution in [1.82, 2.24) is 20.1 Å². The molecule has 0 saturated carbocycles. The van der Waals surface area contributed by atoms with Gasteiger partial charge in [-0.25, -0.2) is 9.97 Å². The maximum atomic E-state index is 12.5. The van der Waals surface area contributed by atoms with Crippen molar-refractivity contribution in [3.05, 3.63) is 18.3 Å². The molecule has 1 N–H and O–H groups in total. The van der Waals surface area contributed by atoms with Crippen molar-refractivity contribution >= 4 is 11.9 Å². The summed E-state index contributed by atoms with van der Waals surface area (Å²) in [6, 6.07) is -0.0823. The summed E-state index contributed by atoms with van der Waals surface area (Å²) in [5.74, 6) is -1.04. The Bertz CT molecular complexity index is 674. The topological polar surface area (TPSA) is 91.4 Å². The van der Waals surface area contributed by atoms with Crippen molar-refractivity contribution in [3.8, 4) is 5.75 Å². The maximum Gasteiger partial charge on any atom is 0.471 e. The summed E-state index contributed by atoms with van der Waals surface area (Å²) < 4.78 is 41.8. The molecule has 2 aromatic heterocycles. The van der Waals surface area contributed by atoms with Crippen molar-refractivity contribution in [2.45, 2.75) is 19.1 Å². The molecular weight excluding hydrogens is 317 g/mol. The Kier molecular flexibility index (Phi) is 3.70. The Morgan fingerprint density at radius 3 is 2.48 bits per heavy atom. The van der Waals surface area contributed by atoms with Crippen LogP contribution in [0.5, 0.6) is 5.75 Å². The number of hydrogen-bond donors (Lipinski definition) is 1. The summed E-state index contributed by atoms with van der Waals surface area (Å²) in [5.41, 5.74) is 0. The second-order valence-electron chi connectivity index (χ2n) is 5.13. The van der Waals surface area contributed by atoms with Gasteiger partial charge >= 0.3 is 12.1 Å². The van der Waals surface area contributed by atoms with E-state index >= 15 is 0 Å². The van der Waals surface area contributed by atoms with Crippen LogP contribution in [0.1, 0.15) is 12.8 Å². The molecule has 124 valence electrons. The highest BCUT2D eigenvalue weighted by Crippen LogP contribution is 2.29. The first-order valence-corrected chi connectivity index (χ1v) is 6.78. The number of aromatic hydroxyl groups is 1. The van der Waals surface area contributed by atoms with Gasteiger partial charge in [0.2, 0.25) is 5.95 Å². The molecule has 0 aliphatic carbocycles. The second-order valence-corrected chi connectivity index (χ2v) is 5.13. The summed E-state index contributed by atoms with van der Waals surface area (Å²) in [6.45, 7) is 3.14. The minimum atomic E-state index is -4.65. The predicted octanol–water partition coefficient (Wildman–Crippen LogP) is 1.30. The Hall–Kier alpha value is -2.59. The van der Waals surface area contributed by atoms with Crippen molar-refractivity contribution in [1.29, 1.82) is 0 Å². The molecule has 0 aromatic carbocycles. The van der Waals surface area contributed by atoms with Crippen LogP contribution in [-0.4, -0.2) is 50.9 Å². The first kappa shape index (κ1) is 15.3. The summed E-state index contributed by atoms with van der Waals surface area (Å²) in [4.78, 5) is 15.0. The fourth-order valence-electron chi connectivity index (χ4n) is 2.36. The lowest BCUT2D eigenvalue weighted by Crippen LogP contribution is -2.53. The SMILES string of the molecule is CC1CN(c2noc(C(F)(F)F)n2)CCN1c1ncc(O)cn1. The van der Waals surface area contributed by atoms with Crippen LogP contribution in [0.4, 0.5) is 25.1 Å². The van der Waals surface area contributed by atoms with E-state index in [-0.39, 0.29) is 17.7 Å². The number of nitrogens with zero attached hydrogens (tertiary/aromatic N) is 6. The second kappa shape index (κ2) is 5.56. The van der Waals surface area contributed by atoms with Gasteiger partial charge in [-0.1, -0.05) is 0 Å². The number of rotatable bonds is 2. The molecule has 1 fully saturated rings. The molecule has 1 atom stereocenters. The van der Waals surface area contributed by atoms with E-state index < -0.39 is 12.1 Å². The summed E-state index contributed by atoms with van der Waals surface area (Å²) in [6.07, 6.45) is -2.08. The van der Waals surface area contributed by atoms with Crippen LogP contribution < -0.4 is 9.80 Å². The Morgan fingerprint density at radius 1 is 1.22 bits per heavy atom. The largest absolute Gasteiger partial charge is 0.505 e. The maximum absolute atomic E-state index is 12.5. The minimum Gasteiger partial charge on any atom is -0.505 e. The molecular formula is C12H13F3N6O2. The van der Waals surface area contributed by atoms with E-state index in [2.05, 4.69) is 24.6 Å². The highest BCUT2D eigenvalue weighted by molar-refractivity contribution is 5.39. The van der Waals surface area contributed by atoms with E-state index in [4.69, 9.17) is 0 Å². The van der Waals surface area contributed by atoms with Crippen LogP contribution in [0.3, 0.4) is 0 Å². The van der Waals surface area contributed by atoms with Crippen LogP contribution in [0, 0.1) is 0 Å². The Labute approximate surface area is 128 Å². The third-order valence-electron chi connectivity index (χ3n) is 3.45. The number of alkyl halides is 3. The standard InChI is InChI=1S/C12H13F3N6O2/c1-7-6-20(11-18-9(23-19-11)12(13,14)15)2-3-21(7)10-16-4-8(22)5-17-10/h4-5,7,22H,2-3,6H2,1H3. The van der Waals surface area contributed by atoms with Gasteiger partial charge in [0, 0.05) is 25.7 Å². The number of aromatic nitrogens is 4. The van der Waals surface area contributed by atoms with E-state index in [1.165, 1.54) is 12.4 Å². The van der Waals surface area contributed by atoms with Gasteiger partial charge in [0.15, 0.2) is 5.75 Å². The first-order chi connectivity index (χ1) is 10.8. The smallest absolute Gasteiger partial charge is 0.471 e. The molecule has 0 radical (unpaired) electrons. The fraction of sp³-hybridized carbons (Fsp3) is 0.500.